The Morgan fingerprint density at radius 1 is 1.00 bits per heavy atom. The summed E-state index contributed by atoms with van der Waals surface area (Å²) in [6.45, 7) is 6.75. The Bertz CT molecular complexity index is 1040. The van der Waals surface area contributed by atoms with Crippen LogP contribution in [0.4, 0.5) is 11.8 Å². The number of piperidine rings is 1. The minimum atomic E-state index is -0.0922. The summed E-state index contributed by atoms with van der Waals surface area (Å²) in [4.78, 5) is 29.7. The topological polar surface area (TPSA) is 78.6 Å². The molecule has 5 rings (SSSR count). The molecule has 0 aromatic carbocycles. The van der Waals surface area contributed by atoms with Crippen LogP contribution in [-0.2, 0) is 0 Å². The zero-order valence-corrected chi connectivity index (χ0v) is 18.5. The molecule has 2 fully saturated rings. The maximum absolute atomic E-state index is 12.9. The number of carbonyl (C=O) groups is 1. The van der Waals surface area contributed by atoms with Crippen LogP contribution in [0.25, 0.3) is 10.6 Å². The highest BCUT2D eigenvalue weighted by Crippen LogP contribution is 2.26. The third kappa shape index (κ3) is 4.27. The summed E-state index contributed by atoms with van der Waals surface area (Å²) in [6, 6.07) is 7.71. The van der Waals surface area contributed by atoms with Crippen LogP contribution in [0.2, 0.25) is 0 Å². The van der Waals surface area contributed by atoms with Crippen molar-refractivity contribution < 1.29 is 9.32 Å². The molecule has 162 valence electrons. The summed E-state index contributed by atoms with van der Waals surface area (Å²) in [7, 11) is 0. The number of carbonyl (C=O) groups excluding carboxylic acids is 1. The Kier molecular flexibility index (Phi) is 5.59. The van der Waals surface area contributed by atoms with Crippen molar-refractivity contribution in [3.05, 3.63) is 41.0 Å². The Morgan fingerprint density at radius 2 is 1.81 bits per heavy atom. The van der Waals surface area contributed by atoms with Gasteiger partial charge in [-0.2, -0.15) is 4.98 Å². The fraction of sp³-hybridized carbons (Fsp3) is 0.455. The molecular weight excluding hydrogens is 412 g/mol. The first-order valence-corrected chi connectivity index (χ1v) is 11.7. The van der Waals surface area contributed by atoms with Gasteiger partial charge >= 0.3 is 0 Å². The summed E-state index contributed by atoms with van der Waals surface area (Å²) in [5.74, 6) is 2.32. The summed E-state index contributed by atoms with van der Waals surface area (Å²) in [6.07, 6.45) is 3.73. The lowest BCUT2D eigenvalue weighted by atomic mass is 10.1. The van der Waals surface area contributed by atoms with Crippen molar-refractivity contribution in [2.45, 2.75) is 26.2 Å². The molecule has 3 aromatic rings. The molecule has 0 N–H and O–H groups in total. The molecule has 9 heteroatoms. The van der Waals surface area contributed by atoms with E-state index in [0.717, 1.165) is 35.4 Å². The van der Waals surface area contributed by atoms with Gasteiger partial charge in [0.1, 0.15) is 5.82 Å². The van der Waals surface area contributed by atoms with E-state index in [1.165, 1.54) is 19.3 Å². The van der Waals surface area contributed by atoms with Crippen LogP contribution in [0.3, 0.4) is 0 Å². The standard InChI is InChI=1S/C22H26N6O2S/c1-16-14-20(26-7-3-2-4-8-26)24-22(23-16)28-11-9-27(10-12-28)21(29)17-15-18(30-25-17)19-6-5-13-31-19/h5-6,13-15H,2-4,7-12H2,1H3. The number of thiophene rings is 1. The molecule has 3 aromatic heterocycles. The van der Waals surface area contributed by atoms with Gasteiger partial charge in [-0.05, 0) is 37.6 Å². The van der Waals surface area contributed by atoms with Gasteiger partial charge in [0.25, 0.3) is 5.91 Å². The van der Waals surface area contributed by atoms with Gasteiger partial charge in [-0.25, -0.2) is 4.98 Å². The molecule has 0 unspecified atom stereocenters. The van der Waals surface area contributed by atoms with Gasteiger partial charge in [0.15, 0.2) is 11.5 Å². The van der Waals surface area contributed by atoms with Crippen molar-refractivity contribution in [3.8, 4) is 10.6 Å². The molecule has 5 heterocycles. The van der Waals surface area contributed by atoms with Crippen molar-refractivity contribution in [2.24, 2.45) is 0 Å². The second-order valence-corrected chi connectivity index (χ2v) is 9.00. The molecular formula is C22H26N6O2S. The maximum atomic E-state index is 12.9. The predicted octanol–water partition coefficient (Wildman–Crippen LogP) is 3.45. The monoisotopic (exact) mass is 438 g/mol. The Balaban J connectivity index is 1.24. The normalized spacial score (nSPS) is 17.3. The zero-order chi connectivity index (χ0) is 21.2. The van der Waals surface area contributed by atoms with Gasteiger partial charge in [-0.1, -0.05) is 11.2 Å². The van der Waals surface area contributed by atoms with Crippen LogP contribution in [0, 0.1) is 6.92 Å². The van der Waals surface area contributed by atoms with E-state index in [9.17, 15) is 4.79 Å². The molecule has 2 saturated heterocycles. The number of anilines is 2. The largest absolute Gasteiger partial charge is 0.356 e. The first-order chi connectivity index (χ1) is 15.2. The molecule has 0 aliphatic carbocycles. The maximum Gasteiger partial charge on any atom is 0.276 e. The van der Waals surface area contributed by atoms with E-state index in [1.54, 1.807) is 17.4 Å². The van der Waals surface area contributed by atoms with Crippen molar-refractivity contribution >= 4 is 29.0 Å². The molecule has 0 radical (unpaired) electrons. The number of rotatable bonds is 4. The predicted molar refractivity (Wildman–Crippen MR) is 121 cm³/mol. The number of nitrogens with zero attached hydrogens (tertiary/aromatic N) is 6. The quantitative estimate of drug-likeness (QED) is 0.617. The third-order valence-corrected chi connectivity index (χ3v) is 6.74. The highest BCUT2D eigenvalue weighted by Gasteiger charge is 2.26. The number of aromatic nitrogens is 3. The molecule has 0 bridgehead atoms. The second kappa shape index (κ2) is 8.66. The van der Waals surface area contributed by atoms with Gasteiger partial charge in [0.05, 0.1) is 4.88 Å². The Morgan fingerprint density at radius 3 is 2.55 bits per heavy atom. The molecule has 2 aliphatic heterocycles. The molecule has 8 nitrogen and oxygen atoms in total. The molecule has 0 spiro atoms. The lowest BCUT2D eigenvalue weighted by Crippen LogP contribution is -2.49. The first-order valence-electron chi connectivity index (χ1n) is 10.8. The van der Waals surface area contributed by atoms with Crippen LogP contribution < -0.4 is 9.80 Å². The lowest BCUT2D eigenvalue weighted by molar-refractivity contribution is 0.0736. The molecule has 0 saturated carbocycles. The number of hydrogen-bond acceptors (Lipinski definition) is 8. The van der Waals surface area contributed by atoms with Gasteiger partial charge < -0.3 is 19.2 Å². The lowest BCUT2D eigenvalue weighted by Gasteiger charge is -2.35. The van der Waals surface area contributed by atoms with E-state index in [0.29, 0.717) is 37.6 Å². The van der Waals surface area contributed by atoms with Gasteiger partial charge in [-0.3, -0.25) is 4.79 Å². The van der Waals surface area contributed by atoms with E-state index in [4.69, 9.17) is 9.51 Å². The summed E-state index contributed by atoms with van der Waals surface area (Å²) < 4.78 is 5.37. The number of amides is 1. The molecule has 2 aliphatic rings. The fourth-order valence-electron chi connectivity index (χ4n) is 4.15. The molecule has 0 atom stereocenters. The summed E-state index contributed by atoms with van der Waals surface area (Å²) in [5.41, 5.74) is 1.34. The first kappa shape index (κ1) is 20.0. The van der Waals surface area contributed by atoms with Crippen LogP contribution in [0.5, 0.6) is 0 Å². The van der Waals surface area contributed by atoms with Gasteiger partial charge in [0, 0.05) is 57.1 Å². The minimum Gasteiger partial charge on any atom is -0.356 e. The van der Waals surface area contributed by atoms with E-state index >= 15 is 0 Å². The fourth-order valence-corrected chi connectivity index (χ4v) is 4.82. The number of hydrogen-bond donors (Lipinski definition) is 0. The van der Waals surface area contributed by atoms with E-state index in [1.807, 2.05) is 29.3 Å². The average Bonchev–Trinajstić information content (AvgIpc) is 3.51. The highest BCUT2D eigenvalue weighted by molar-refractivity contribution is 7.13. The van der Waals surface area contributed by atoms with E-state index in [2.05, 4.69) is 26.0 Å². The van der Waals surface area contributed by atoms with Crippen molar-refractivity contribution in [3.63, 3.8) is 0 Å². The van der Waals surface area contributed by atoms with E-state index < -0.39 is 0 Å². The summed E-state index contributed by atoms with van der Waals surface area (Å²) in [5, 5.41) is 5.97. The Hall–Kier alpha value is -2.94. The van der Waals surface area contributed by atoms with Crippen molar-refractivity contribution in [1.29, 1.82) is 0 Å². The van der Waals surface area contributed by atoms with E-state index in [-0.39, 0.29) is 5.91 Å². The summed E-state index contributed by atoms with van der Waals surface area (Å²) >= 11 is 1.56. The van der Waals surface area contributed by atoms with Gasteiger partial charge in [0.2, 0.25) is 5.95 Å². The number of aryl methyl sites for hydroxylation is 1. The molecule has 31 heavy (non-hydrogen) atoms. The smallest absolute Gasteiger partial charge is 0.276 e. The molecule has 1 amide bonds. The van der Waals surface area contributed by atoms with Crippen molar-refractivity contribution in [1.82, 2.24) is 20.0 Å². The Labute approximate surface area is 185 Å². The number of piperazine rings is 1. The van der Waals surface area contributed by atoms with Crippen LogP contribution >= 0.6 is 11.3 Å². The third-order valence-electron chi connectivity index (χ3n) is 5.85. The average molecular weight is 439 g/mol. The van der Waals surface area contributed by atoms with Crippen LogP contribution in [0.1, 0.15) is 35.4 Å². The highest BCUT2D eigenvalue weighted by atomic mass is 32.1. The second-order valence-electron chi connectivity index (χ2n) is 8.05. The minimum absolute atomic E-state index is 0.0922. The van der Waals surface area contributed by atoms with Crippen molar-refractivity contribution in [2.75, 3.05) is 49.1 Å². The SMILES string of the molecule is Cc1cc(N2CCCCC2)nc(N2CCN(C(=O)c3cc(-c4cccs4)on3)CC2)n1. The van der Waals surface area contributed by atoms with Crippen LogP contribution in [-0.4, -0.2) is 65.2 Å². The van der Waals surface area contributed by atoms with Crippen LogP contribution in [0.15, 0.2) is 34.2 Å². The van der Waals surface area contributed by atoms with Gasteiger partial charge in [-0.15, -0.1) is 11.3 Å². The zero-order valence-electron chi connectivity index (χ0n) is 17.7.